The first-order valence-electron chi connectivity index (χ1n) is 7.56. The molecule has 0 bridgehead atoms. The van der Waals surface area contributed by atoms with Crippen molar-refractivity contribution in [3.05, 3.63) is 84.6 Å². The molecule has 1 aromatic heterocycles. The first-order chi connectivity index (χ1) is 10.8. The van der Waals surface area contributed by atoms with E-state index in [4.69, 9.17) is 0 Å². The molecule has 0 spiro atoms. The third kappa shape index (κ3) is 2.11. The molecule has 1 heteroatoms. The van der Waals surface area contributed by atoms with Crippen molar-refractivity contribution in [2.75, 3.05) is 0 Å². The van der Waals surface area contributed by atoms with Crippen LogP contribution in [-0.2, 0) is 0 Å². The van der Waals surface area contributed by atoms with Crippen LogP contribution in [0.25, 0.3) is 33.2 Å². The summed E-state index contributed by atoms with van der Waals surface area (Å²) in [6, 6.07) is 27.8. The lowest BCUT2D eigenvalue weighted by atomic mass is 9.96. The molecule has 0 radical (unpaired) electrons. The van der Waals surface area contributed by atoms with Crippen molar-refractivity contribution in [1.82, 2.24) is 4.98 Å². The highest BCUT2D eigenvalue weighted by molar-refractivity contribution is 6.03. The second-order valence-corrected chi connectivity index (χ2v) is 5.63. The van der Waals surface area contributed by atoms with E-state index in [9.17, 15) is 0 Å². The van der Waals surface area contributed by atoms with Crippen LogP contribution in [0.4, 0.5) is 0 Å². The first-order valence-corrected chi connectivity index (χ1v) is 7.56. The first kappa shape index (κ1) is 12.9. The predicted octanol–water partition coefficient (Wildman–Crippen LogP) is 5.81. The number of aromatic amines is 1. The van der Waals surface area contributed by atoms with Crippen molar-refractivity contribution in [2.24, 2.45) is 0 Å². The van der Waals surface area contributed by atoms with Gasteiger partial charge in [-0.15, -0.1) is 0 Å². The molecule has 0 fully saturated rings. The zero-order valence-electron chi connectivity index (χ0n) is 12.5. The van der Waals surface area contributed by atoms with Crippen molar-refractivity contribution in [3.8, 4) is 22.3 Å². The fourth-order valence-electron chi connectivity index (χ4n) is 3.08. The van der Waals surface area contributed by atoms with Crippen molar-refractivity contribution >= 4 is 10.9 Å². The lowest BCUT2D eigenvalue weighted by molar-refractivity contribution is 1.30. The fraction of sp³-hybridized carbons (Fsp3) is 0.0476. The number of hydrogen-bond acceptors (Lipinski definition) is 0. The lowest BCUT2D eigenvalue weighted by Gasteiger charge is -2.08. The molecule has 4 rings (SSSR count). The van der Waals surface area contributed by atoms with Gasteiger partial charge in [0.2, 0.25) is 0 Å². The second kappa shape index (κ2) is 5.19. The van der Waals surface area contributed by atoms with E-state index in [1.54, 1.807) is 0 Å². The Bertz CT molecular complexity index is 842. The summed E-state index contributed by atoms with van der Waals surface area (Å²) in [7, 11) is 0. The maximum absolute atomic E-state index is 3.54. The van der Waals surface area contributed by atoms with Gasteiger partial charge in [0.15, 0.2) is 0 Å². The molecule has 0 aliphatic carbocycles. The van der Waals surface area contributed by atoms with Crippen molar-refractivity contribution in [1.29, 1.82) is 0 Å². The quantitative estimate of drug-likeness (QED) is 0.478. The van der Waals surface area contributed by atoms with Gasteiger partial charge >= 0.3 is 0 Å². The van der Waals surface area contributed by atoms with Gasteiger partial charge in [0, 0.05) is 16.6 Å². The number of H-pyrrole nitrogens is 1. The fourth-order valence-corrected chi connectivity index (χ4v) is 3.08. The highest BCUT2D eigenvalue weighted by Crippen LogP contribution is 2.35. The van der Waals surface area contributed by atoms with Crippen LogP contribution in [0.2, 0.25) is 0 Å². The minimum Gasteiger partial charge on any atom is -0.358 e. The average molecular weight is 283 g/mol. The molecule has 0 amide bonds. The topological polar surface area (TPSA) is 15.8 Å². The highest BCUT2D eigenvalue weighted by Gasteiger charge is 2.11. The Morgan fingerprint density at radius 3 is 1.82 bits per heavy atom. The second-order valence-electron chi connectivity index (χ2n) is 5.63. The summed E-state index contributed by atoms with van der Waals surface area (Å²) in [6.45, 7) is 2.11. The smallest absolute Gasteiger partial charge is 0.0541 e. The van der Waals surface area contributed by atoms with Gasteiger partial charge in [0.1, 0.15) is 0 Å². The minimum atomic E-state index is 1.19. The lowest BCUT2D eigenvalue weighted by Crippen LogP contribution is -1.84. The summed E-state index contributed by atoms with van der Waals surface area (Å²) in [6.07, 6.45) is 0. The Hall–Kier alpha value is -2.80. The molecular formula is C21H17N. The van der Waals surface area contributed by atoms with Crippen LogP contribution in [0.5, 0.6) is 0 Å². The number of rotatable bonds is 2. The normalized spacial score (nSPS) is 11.0. The highest BCUT2D eigenvalue weighted by atomic mass is 14.7. The molecule has 106 valence electrons. The summed E-state index contributed by atoms with van der Waals surface area (Å²) >= 11 is 0. The van der Waals surface area contributed by atoms with Crippen molar-refractivity contribution < 1.29 is 0 Å². The van der Waals surface area contributed by atoms with Gasteiger partial charge in [-0.25, -0.2) is 0 Å². The summed E-state index contributed by atoms with van der Waals surface area (Å²) in [5.41, 5.74) is 7.43. The standard InChI is InChI=1S/C21H17N/c1-15-14-20-18(16-8-4-2-5-9-16)12-13-19(21(20)22-15)17-10-6-3-7-11-17/h2-14,22H,1H3. The third-order valence-corrected chi connectivity index (χ3v) is 4.10. The molecule has 1 heterocycles. The maximum Gasteiger partial charge on any atom is 0.0541 e. The summed E-state index contributed by atoms with van der Waals surface area (Å²) in [5.74, 6) is 0. The minimum absolute atomic E-state index is 1.19. The monoisotopic (exact) mass is 283 g/mol. The molecule has 0 aliphatic heterocycles. The van der Waals surface area contributed by atoms with E-state index in [1.807, 2.05) is 0 Å². The van der Waals surface area contributed by atoms with Gasteiger partial charge in [-0.3, -0.25) is 0 Å². The molecule has 4 aromatic rings. The molecule has 1 nitrogen and oxygen atoms in total. The molecule has 0 saturated heterocycles. The number of hydrogen-bond donors (Lipinski definition) is 1. The zero-order chi connectivity index (χ0) is 14.9. The number of aryl methyl sites for hydroxylation is 1. The van der Waals surface area contributed by atoms with Crippen molar-refractivity contribution in [2.45, 2.75) is 6.92 Å². The van der Waals surface area contributed by atoms with Crippen LogP contribution >= 0.6 is 0 Å². The van der Waals surface area contributed by atoms with Crippen molar-refractivity contribution in [3.63, 3.8) is 0 Å². The molecule has 0 unspecified atom stereocenters. The predicted molar refractivity (Wildman–Crippen MR) is 93.9 cm³/mol. The van der Waals surface area contributed by atoms with Crippen LogP contribution in [-0.4, -0.2) is 4.98 Å². The summed E-state index contributed by atoms with van der Waals surface area (Å²) in [5, 5.41) is 1.28. The summed E-state index contributed by atoms with van der Waals surface area (Å²) in [4.78, 5) is 3.54. The van der Waals surface area contributed by atoms with Crippen LogP contribution in [0.15, 0.2) is 78.9 Å². The molecule has 0 saturated carbocycles. The summed E-state index contributed by atoms with van der Waals surface area (Å²) < 4.78 is 0. The Kier molecular flexibility index (Phi) is 3.05. The van der Waals surface area contributed by atoms with Gasteiger partial charge in [-0.2, -0.15) is 0 Å². The number of aromatic nitrogens is 1. The van der Waals surface area contributed by atoms with Gasteiger partial charge in [0.05, 0.1) is 5.52 Å². The van der Waals surface area contributed by atoms with Crippen LogP contribution in [0.3, 0.4) is 0 Å². The van der Waals surface area contributed by atoms with Crippen LogP contribution in [0, 0.1) is 6.92 Å². The molecule has 22 heavy (non-hydrogen) atoms. The maximum atomic E-state index is 3.54. The zero-order valence-corrected chi connectivity index (χ0v) is 12.5. The van der Waals surface area contributed by atoms with E-state index >= 15 is 0 Å². The Morgan fingerprint density at radius 2 is 1.18 bits per heavy atom. The number of benzene rings is 3. The van der Waals surface area contributed by atoms with E-state index in [0.717, 1.165) is 0 Å². The van der Waals surface area contributed by atoms with Gasteiger partial charge in [-0.05, 0) is 29.7 Å². The van der Waals surface area contributed by atoms with E-state index < -0.39 is 0 Å². The van der Waals surface area contributed by atoms with Gasteiger partial charge in [-0.1, -0.05) is 72.8 Å². The number of fused-ring (bicyclic) bond motifs is 1. The molecule has 0 aliphatic rings. The SMILES string of the molecule is Cc1cc2c(-c3ccccc3)ccc(-c3ccccc3)c2[nH]1. The van der Waals surface area contributed by atoms with Gasteiger partial charge in [0.25, 0.3) is 0 Å². The third-order valence-electron chi connectivity index (χ3n) is 4.10. The van der Waals surface area contributed by atoms with E-state index in [1.165, 1.54) is 38.9 Å². The van der Waals surface area contributed by atoms with E-state index in [2.05, 4.69) is 90.8 Å². The molecule has 3 aromatic carbocycles. The van der Waals surface area contributed by atoms with Crippen LogP contribution in [0.1, 0.15) is 5.69 Å². The van der Waals surface area contributed by atoms with E-state index in [0.29, 0.717) is 0 Å². The average Bonchev–Trinajstić information content (AvgIpc) is 2.97. The Labute approximate surface area is 130 Å². The molecule has 0 atom stereocenters. The van der Waals surface area contributed by atoms with Gasteiger partial charge < -0.3 is 4.98 Å². The molecule has 1 N–H and O–H groups in total. The number of nitrogens with one attached hydrogen (secondary N) is 1. The van der Waals surface area contributed by atoms with Crippen LogP contribution < -0.4 is 0 Å². The Balaban J connectivity index is 2.00. The molecular weight excluding hydrogens is 266 g/mol. The van der Waals surface area contributed by atoms with E-state index in [-0.39, 0.29) is 0 Å². The largest absolute Gasteiger partial charge is 0.358 e. The Morgan fingerprint density at radius 1 is 0.636 bits per heavy atom.